The van der Waals surface area contributed by atoms with Gasteiger partial charge in [-0.25, -0.2) is 0 Å². The molecule has 1 N–H and O–H groups in total. The van der Waals surface area contributed by atoms with E-state index < -0.39 is 0 Å². The first-order valence-corrected chi connectivity index (χ1v) is 5.20. The van der Waals surface area contributed by atoms with E-state index in [1.54, 1.807) is 5.57 Å². The topological polar surface area (TPSA) is 17.0 Å². The Hall–Kier alpha value is -1.44. The van der Waals surface area contributed by atoms with Crippen LogP contribution in [0.1, 0.15) is 18.5 Å². The molecule has 2 heteroatoms. The van der Waals surface area contributed by atoms with Crippen LogP contribution in [0.25, 0.3) is 0 Å². The predicted octanol–water partition coefficient (Wildman–Crippen LogP) is 2.20. The fourth-order valence-electron chi connectivity index (χ4n) is 2.22. The highest BCUT2D eigenvalue weighted by Gasteiger charge is 2.14. The van der Waals surface area contributed by atoms with Crippen molar-refractivity contribution in [3.05, 3.63) is 47.4 Å². The van der Waals surface area contributed by atoms with Crippen LogP contribution >= 0.6 is 0 Å². The van der Waals surface area contributed by atoms with E-state index in [0.717, 1.165) is 13.1 Å². The third-order valence-electron chi connectivity index (χ3n) is 3.02. The van der Waals surface area contributed by atoms with Gasteiger partial charge >= 0.3 is 0 Å². The molecule has 0 bridgehead atoms. The van der Waals surface area contributed by atoms with Gasteiger partial charge in [-0.2, -0.15) is 0 Å². The summed E-state index contributed by atoms with van der Waals surface area (Å²) in [7, 11) is 0. The van der Waals surface area contributed by atoms with Gasteiger partial charge in [0, 0.05) is 24.1 Å². The lowest BCUT2D eigenvalue weighted by molar-refractivity contribution is 0.718. The molecule has 0 saturated heterocycles. The lowest BCUT2D eigenvalue weighted by atomic mass is 10.0. The monoisotopic (exact) mass is 186 g/mol. The van der Waals surface area contributed by atoms with E-state index in [2.05, 4.69) is 40.4 Å². The fraction of sp³-hybridized carbons (Fsp3) is 0.333. The number of nitrogens with one attached hydrogen (secondary N) is 1. The van der Waals surface area contributed by atoms with E-state index in [1.165, 1.54) is 24.2 Å². The molecule has 14 heavy (non-hydrogen) atoms. The van der Waals surface area contributed by atoms with Crippen LogP contribution in [0.3, 0.4) is 0 Å². The van der Waals surface area contributed by atoms with Gasteiger partial charge in [0.25, 0.3) is 0 Å². The van der Waals surface area contributed by atoms with Crippen LogP contribution in [0, 0.1) is 0 Å². The van der Waals surface area contributed by atoms with E-state index >= 15 is 0 Å². The molecule has 2 heterocycles. The molecule has 0 atom stereocenters. The zero-order chi connectivity index (χ0) is 9.38. The fourth-order valence-corrected chi connectivity index (χ4v) is 2.22. The summed E-state index contributed by atoms with van der Waals surface area (Å²) in [6.45, 7) is 2.02. The third kappa shape index (κ3) is 1.18. The summed E-state index contributed by atoms with van der Waals surface area (Å²) in [6, 6.07) is 4.32. The summed E-state index contributed by atoms with van der Waals surface area (Å²) >= 11 is 0. The third-order valence-corrected chi connectivity index (χ3v) is 3.02. The maximum atomic E-state index is 3.50. The van der Waals surface area contributed by atoms with E-state index in [-0.39, 0.29) is 0 Å². The van der Waals surface area contributed by atoms with Gasteiger partial charge in [-0.3, -0.25) is 0 Å². The Kier molecular flexibility index (Phi) is 1.72. The van der Waals surface area contributed by atoms with Gasteiger partial charge in [0.05, 0.1) is 6.54 Å². The highest BCUT2D eigenvalue weighted by molar-refractivity contribution is 5.30. The zero-order valence-electron chi connectivity index (χ0n) is 8.16. The number of hydrogen-bond donors (Lipinski definition) is 1. The molecular weight excluding hydrogens is 172 g/mol. The van der Waals surface area contributed by atoms with Crippen LogP contribution in [0.5, 0.6) is 0 Å². The first kappa shape index (κ1) is 7.92. The molecule has 0 radical (unpaired) electrons. The predicted molar refractivity (Wildman–Crippen MR) is 56.7 cm³/mol. The molecule has 0 spiro atoms. The van der Waals surface area contributed by atoms with Crippen LogP contribution in [0.4, 0.5) is 0 Å². The number of hydrogen-bond acceptors (Lipinski definition) is 1. The van der Waals surface area contributed by atoms with Crippen molar-refractivity contribution in [1.82, 2.24) is 9.88 Å². The van der Waals surface area contributed by atoms with Gasteiger partial charge < -0.3 is 9.88 Å². The highest BCUT2D eigenvalue weighted by Crippen LogP contribution is 2.22. The van der Waals surface area contributed by atoms with Crippen LogP contribution in [0.2, 0.25) is 0 Å². The normalized spacial score (nSPS) is 19.7. The Morgan fingerprint density at radius 3 is 3.36 bits per heavy atom. The molecule has 0 fully saturated rings. The molecule has 1 aromatic heterocycles. The lowest BCUT2D eigenvalue weighted by Crippen LogP contribution is -2.12. The van der Waals surface area contributed by atoms with Crippen molar-refractivity contribution >= 4 is 0 Å². The average Bonchev–Trinajstić information content (AvgIpc) is 2.58. The number of fused-ring (bicyclic) bond motifs is 1. The SMILES string of the molecule is C1=CC2=C(CC1)Cn1cccc1CN2. The zero-order valence-corrected chi connectivity index (χ0v) is 8.16. The molecule has 3 rings (SSSR count). The number of allylic oxidation sites excluding steroid dienone is 3. The molecule has 2 aliphatic rings. The average molecular weight is 186 g/mol. The maximum absolute atomic E-state index is 3.50. The number of rotatable bonds is 0. The minimum absolute atomic E-state index is 0.955. The molecule has 72 valence electrons. The molecule has 1 aromatic rings. The van der Waals surface area contributed by atoms with Crippen molar-refractivity contribution in [3.63, 3.8) is 0 Å². The first-order valence-electron chi connectivity index (χ1n) is 5.20. The molecule has 1 aliphatic carbocycles. The summed E-state index contributed by atoms with van der Waals surface area (Å²) in [4.78, 5) is 0. The Labute approximate surface area is 83.9 Å². The Morgan fingerprint density at radius 1 is 1.36 bits per heavy atom. The maximum Gasteiger partial charge on any atom is 0.0553 e. The molecule has 0 saturated carbocycles. The summed E-state index contributed by atoms with van der Waals surface area (Å²) in [6.07, 6.45) is 9.05. The van der Waals surface area contributed by atoms with Crippen molar-refractivity contribution in [2.75, 3.05) is 0 Å². The van der Waals surface area contributed by atoms with Crippen LogP contribution in [-0.4, -0.2) is 4.57 Å². The van der Waals surface area contributed by atoms with E-state index in [4.69, 9.17) is 0 Å². The van der Waals surface area contributed by atoms with Gasteiger partial charge in [0.1, 0.15) is 0 Å². The standard InChI is InChI=1S/C12H14N2/c1-2-6-12-10(4-1)9-14-7-3-5-11(14)8-13-12/h2-3,5-7,13H,1,4,8-9H2. The Bertz CT molecular complexity index is 410. The van der Waals surface area contributed by atoms with Gasteiger partial charge in [0.2, 0.25) is 0 Å². The van der Waals surface area contributed by atoms with Gasteiger partial charge in [-0.05, 0) is 36.6 Å². The first-order chi connectivity index (χ1) is 6.93. The smallest absolute Gasteiger partial charge is 0.0553 e. The Morgan fingerprint density at radius 2 is 2.36 bits per heavy atom. The second kappa shape index (κ2) is 3.05. The van der Waals surface area contributed by atoms with Gasteiger partial charge in [-0.1, -0.05) is 6.08 Å². The quantitative estimate of drug-likeness (QED) is 0.657. The number of nitrogens with zero attached hydrogens (tertiary/aromatic N) is 1. The van der Waals surface area contributed by atoms with E-state index in [9.17, 15) is 0 Å². The summed E-state index contributed by atoms with van der Waals surface area (Å²) in [5.41, 5.74) is 4.27. The van der Waals surface area contributed by atoms with Crippen molar-refractivity contribution in [3.8, 4) is 0 Å². The van der Waals surface area contributed by atoms with Crippen molar-refractivity contribution in [2.24, 2.45) is 0 Å². The summed E-state index contributed by atoms with van der Waals surface area (Å²) in [5.74, 6) is 0. The number of aromatic nitrogens is 1. The molecule has 0 unspecified atom stereocenters. The van der Waals surface area contributed by atoms with Gasteiger partial charge in [-0.15, -0.1) is 0 Å². The second-order valence-corrected chi connectivity index (χ2v) is 3.94. The van der Waals surface area contributed by atoms with Crippen LogP contribution in [-0.2, 0) is 13.1 Å². The van der Waals surface area contributed by atoms with Gasteiger partial charge in [0.15, 0.2) is 0 Å². The minimum atomic E-state index is 0.955. The van der Waals surface area contributed by atoms with Crippen molar-refractivity contribution < 1.29 is 0 Å². The largest absolute Gasteiger partial charge is 0.379 e. The summed E-state index contributed by atoms with van der Waals surface area (Å²) in [5, 5.41) is 3.50. The second-order valence-electron chi connectivity index (χ2n) is 3.94. The molecule has 2 nitrogen and oxygen atoms in total. The molecule has 0 amide bonds. The van der Waals surface area contributed by atoms with Crippen LogP contribution in [0.15, 0.2) is 41.8 Å². The minimum Gasteiger partial charge on any atom is -0.379 e. The highest BCUT2D eigenvalue weighted by atomic mass is 15.0. The molecule has 1 aliphatic heterocycles. The Balaban J connectivity index is 2.00. The lowest BCUT2D eigenvalue weighted by Gasteiger charge is -2.14. The summed E-state index contributed by atoms with van der Waals surface area (Å²) < 4.78 is 2.34. The van der Waals surface area contributed by atoms with Crippen molar-refractivity contribution in [1.29, 1.82) is 0 Å². The van der Waals surface area contributed by atoms with E-state index in [0.29, 0.717) is 0 Å². The van der Waals surface area contributed by atoms with Crippen LogP contribution < -0.4 is 5.32 Å². The molecular formula is C12H14N2. The molecule has 0 aromatic carbocycles. The van der Waals surface area contributed by atoms with Crippen molar-refractivity contribution in [2.45, 2.75) is 25.9 Å². The van der Waals surface area contributed by atoms with E-state index in [1.807, 2.05) is 0 Å².